The SMILES string of the molecule is CC1(C)CCC(=O)c2c1n(COCC[Si](C)(C)C)c1c(Br)cccc21. The summed E-state index contributed by atoms with van der Waals surface area (Å²) in [5.74, 6) is 0.262. The molecule has 2 aromatic rings. The Labute approximate surface area is 159 Å². The van der Waals surface area contributed by atoms with Crippen LogP contribution in [0.5, 0.6) is 0 Å². The maximum absolute atomic E-state index is 12.7. The van der Waals surface area contributed by atoms with Crippen molar-refractivity contribution < 1.29 is 9.53 Å². The number of aromatic nitrogens is 1. The Bertz CT molecular complexity index is 817. The van der Waals surface area contributed by atoms with Crippen LogP contribution in [0.2, 0.25) is 25.7 Å². The number of halogens is 1. The van der Waals surface area contributed by atoms with Crippen LogP contribution in [0, 0.1) is 0 Å². The lowest BCUT2D eigenvalue weighted by Gasteiger charge is -2.31. The molecule has 0 N–H and O–H groups in total. The molecule has 0 aliphatic heterocycles. The first-order valence-electron chi connectivity index (χ1n) is 9.04. The summed E-state index contributed by atoms with van der Waals surface area (Å²) in [6.07, 6.45) is 1.52. The zero-order valence-corrected chi connectivity index (χ0v) is 18.5. The van der Waals surface area contributed by atoms with Gasteiger partial charge in [-0.15, -0.1) is 0 Å². The van der Waals surface area contributed by atoms with Gasteiger partial charge in [-0.25, -0.2) is 0 Å². The Hall–Kier alpha value is -0.913. The first-order chi connectivity index (χ1) is 11.6. The third-order valence-corrected chi connectivity index (χ3v) is 7.49. The van der Waals surface area contributed by atoms with E-state index < -0.39 is 8.07 Å². The maximum atomic E-state index is 12.7. The molecule has 0 saturated heterocycles. The standard InChI is InChI=1S/C20H28BrNO2Si/c1-20(2)10-9-16(23)17-14-7-6-8-15(21)18(14)22(19(17)20)13-24-11-12-25(3,4)5/h6-8H,9-13H2,1-5H3. The highest BCUT2D eigenvalue weighted by Gasteiger charge is 2.37. The molecule has 0 amide bonds. The van der Waals surface area contributed by atoms with Crippen molar-refractivity contribution in [2.24, 2.45) is 0 Å². The zero-order chi connectivity index (χ0) is 18.4. The second-order valence-corrected chi connectivity index (χ2v) is 15.4. The number of Topliss-reactive ketones (excluding diaryl/α,β-unsaturated/α-hetero) is 1. The molecule has 5 heteroatoms. The zero-order valence-electron chi connectivity index (χ0n) is 15.9. The summed E-state index contributed by atoms with van der Waals surface area (Å²) in [5.41, 5.74) is 3.10. The van der Waals surface area contributed by atoms with E-state index in [-0.39, 0.29) is 11.2 Å². The summed E-state index contributed by atoms with van der Waals surface area (Å²) in [6.45, 7) is 12.9. The van der Waals surface area contributed by atoms with Crippen molar-refractivity contribution in [3.05, 3.63) is 33.9 Å². The van der Waals surface area contributed by atoms with E-state index in [2.05, 4.69) is 60.1 Å². The van der Waals surface area contributed by atoms with Crippen LogP contribution >= 0.6 is 15.9 Å². The van der Waals surface area contributed by atoms with Gasteiger partial charge in [-0.05, 0) is 34.5 Å². The van der Waals surface area contributed by atoms with Crippen molar-refractivity contribution in [1.29, 1.82) is 0 Å². The van der Waals surface area contributed by atoms with Crippen molar-refractivity contribution in [2.75, 3.05) is 6.61 Å². The Morgan fingerprint density at radius 1 is 1.28 bits per heavy atom. The quantitative estimate of drug-likeness (QED) is 0.439. The number of carbonyl (C=O) groups is 1. The average Bonchev–Trinajstić information content (AvgIpc) is 2.85. The highest BCUT2D eigenvalue weighted by molar-refractivity contribution is 9.10. The molecule has 0 saturated carbocycles. The lowest BCUT2D eigenvalue weighted by Crippen LogP contribution is -2.30. The second-order valence-electron chi connectivity index (χ2n) is 8.94. The molecule has 0 bridgehead atoms. The van der Waals surface area contributed by atoms with Gasteiger partial charge in [-0.1, -0.05) is 45.6 Å². The van der Waals surface area contributed by atoms with E-state index in [1.54, 1.807) is 0 Å². The Morgan fingerprint density at radius 2 is 2.00 bits per heavy atom. The van der Waals surface area contributed by atoms with Gasteiger partial charge in [0.05, 0.1) is 5.52 Å². The number of fused-ring (bicyclic) bond motifs is 3. The van der Waals surface area contributed by atoms with Gasteiger partial charge in [0, 0.05) is 47.6 Å². The van der Waals surface area contributed by atoms with E-state index >= 15 is 0 Å². The maximum Gasteiger partial charge on any atom is 0.165 e. The molecule has 1 aromatic carbocycles. The van der Waals surface area contributed by atoms with Crippen LogP contribution in [0.15, 0.2) is 22.7 Å². The molecule has 1 heterocycles. The topological polar surface area (TPSA) is 31.2 Å². The molecular weight excluding hydrogens is 394 g/mol. The number of rotatable bonds is 5. The number of hydrogen-bond acceptors (Lipinski definition) is 2. The summed E-state index contributed by atoms with van der Waals surface area (Å²) >= 11 is 3.69. The second kappa shape index (κ2) is 6.67. The normalized spacial score (nSPS) is 17.1. The Balaban J connectivity index is 2.06. The van der Waals surface area contributed by atoms with E-state index in [1.807, 2.05) is 12.1 Å². The molecule has 0 unspecified atom stereocenters. The molecule has 1 aliphatic rings. The molecule has 1 aromatic heterocycles. The van der Waals surface area contributed by atoms with Gasteiger partial charge in [0.25, 0.3) is 0 Å². The van der Waals surface area contributed by atoms with Crippen molar-refractivity contribution in [3.63, 3.8) is 0 Å². The van der Waals surface area contributed by atoms with Gasteiger partial charge in [-0.2, -0.15) is 0 Å². The summed E-state index contributed by atoms with van der Waals surface area (Å²) < 4.78 is 9.33. The van der Waals surface area contributed by atoms with Crippen molar-refractivity contribution in [1.82, 2.24) is 4.57 Å². The molecular formula is C20H28BrNO2Si. The molecule has 3 nitrogen and oxygen atoms in total. The summed E-state index contributed by atoms with van der Waals surface area (Å²) in [6, 6.07) is 7.27. The number of para-hydroxylation sites is 1. The fourth-order valence-electron chi connectivity index (χ4n) is 3.68. The minimum Gasteiger partial charge on any atom is -0.361 e. The van der Waals surface area contributed by atoms with Gasteiger partial charge < -0.3 is 9.30 Å². The Morgan fingerprint density at radius 3 is 2.68 bits per heavy atom. The van der Waals surface area contributed by atoms with Crippen LogP contribution in [0.1, 0.15) is 42.7 Å². The predicted octanol–water partition coefficient (Wildman–Crippen LogP) is 5.97. The molecule has 25 heavy (non-hydrogen) atoms. The van der Waals surface area contributed by atoms with Crippen LogP contribution < -0.4 is 0 Å². The predicted molar refractivity (Wildman–Crippen MR) is 110 cm³/mol. The average molecular weight is 422 g/mol. The van der Waals surface area contributed by atoms with Gasteiger partial charge in [0.2, 0.25) is 0 Å². The van der Waals surface area contributed by atoms with Crippen molar-refractivity contribution in [2.45, 2.75) is 64.5 Å². The number of ketones is 1. The summed E-state index contributed by atoms with van der Waals surface area (Å²) in [4.78, 5) is 12.7. The molecule has 0 spiro atoms. The largest absolute Gasteiger partial charge is 0.361 e. The van der Waals surface area contributed by atoms with Crippen LogP contribution in [0.25, 0.3) is 10.9 Å². The third kappa shape index (κ3) is 3.64. The van der Waals surface area contributed by atoms with E-state index in [0.29, 0.717) is 13.2 Å². The number of ether oxygens (including phenoxy) is 1. The number of nitrogens with zero attached hydrogens (tertiary/aromatic N) is 1. The van der Waals surface area contributed by atoms with Gasteiger partial charge in [-0.3, -0.25) is 4.79 Å². The Kier molecular flexibility index (Phi) is 5.03. The first kappa shape index (κ1) is 18.9. The van der Waals surface area contributed by atoms with Crippen LogP contribution in [0.3, 0.4) is 0 Å². The number of benzene rings is 1. The lowest BCUT2D eigenvalue weighted by atomic mass is 9.75. The first-order valence-corrected chi connectivity index (χ1v) is 13.5. The van der Waals surface area contributed by atoms with E-state index in [4.69, 9.17) is 4.74 Å². The lowest BCUT2D eigenvalue weighted by molar-refractivity contribution is 0.0833. The molecule has 0 radical (unpaired) electrons. The van der Waals surface area contributed by atoms with Gasteiger partial charge >= 0.3 is 0 Å². The van der Waals surface area contributed by atoms with Crippen molar-refractivity contribution >= 4 is 40.7 Å². The molecule has 0 fully saturated rings. The monoisotopic (exact) mass is 421 g/mol. The van der Waals surface area contributed by atoms with Crippen molar-refractivity contribution in [3.8, 4) is 0 Å². The smallest absolute Gasteiger partial charge is 0.165 e. The highest BCUT2D eigenvalue weighted by Crippen LogP contribution is 2.43. The minimum atomic E-state index is -1.11. The molecule has 1 aliphatic carbocycles. The van der Waals surface area contributed by atoms with Crippen LogP contribution in [0.4, 0.5) is 0 Å². The van der Waals surface area contributed by atoms with E-state index in [0.717, 1.165) is 45.7 Å². The molecule has 0 atom stereocenters. The fraction of sp³-hybridized carbons (Fsp3) is 0.550. The number of hydrogen-bond donors (Lipinski definition) is 0. The third-order valence-electron chi connectivity index (χ3n) is 5.15. The van der Waals surface area contributed by atoms with Gasteiger partial charge in [0.15, 0.2) is 5.78 Å². The summed E-state index contributed by atoms with van der Waals surface area (Å²) in [7, 11) is -1.11. The molecule has 3 rings (SSSR count). The van der Waals surface area contributed by atoms with E-state index in [1.165, 1.54) is 0 Å². The minimum absolute atomic E-state index is 0.0240. The fourth-order valence-corrected chi connectivity index (χ4v) is 5.02. The number of carbonyl (C=O) groups excluding carboxylic acids is 1. The molecule has 136 valence electrons. The van der Waals surface area contributed by atoms with Crippen LogP contribution in [-0.2, 0) is 16.9 Å². The summed E-state index contributed by atoms with van der Waals surface area (Å²) in [5, 5.41) is 1.05. The van der Waals surface area contributed by atoms with Gasteiger partial charge in [0.1, 0.15) is 6.73 Å². The highest BCUT2D eigenvalue weighted by atomic mass is 79.9. The van der Waals surface area contributed by atoms with Crippen LogP contribution in [-0.4, -0.2) is 25.0 Å². The van der Waals surface area contributed by atoms with E-state index in [9.17, 15) is 4.79 Å².